The summed E-state index contributed by atoms with van der Waals surface area (Å²) in [5.41, 5.74) is 1.19. The highest BCUT2D eigenvalue weighted by atomic mass is 16.5. The Labute approximate surface area is 128 Å². The van der Waals surface area contributed by atoms with Gasteiger partial charge in [0.05, 0.1) is 18.8 Å². The Hall–Kier alpha value is -1.41. The van der Waals surface area contributed by atoms with E-state index in [0.717, 1.165) is 19.4 Å². The molecule has 1 atom stereocenters. The molecule has 1 aromatic carbocycles. The highest BCUT2D eigenvalue weighted by Crippen LogP contribution is 2.06. The van der Waals surface area contributed by atoms with E-state index in [1.165, 1.54) is 5.56 Å². The van der Waals surface area contributed by atoms with Crippen LogP contribution in [-0.4, -0.2) is 42.4 Å². The Morgan fingerprint density at radius 1 is 1.33 bits per heavy atom. The third-order valence-corrected chi connectivity index (χ3v) is 3.21. The second kappa shape index (κ2) is 11.3. The Morgan fingerprint density at radius 2 is 2.10 bits per heavy atom. The maximum absolute atomic E-state index is 10.0. The van der Waals surface area contributed by atoms with Crippen molar-refractivity contribution >= 4 is 0 Å². The van der Waals surface area contributed by atoms with E-state index in [-0.39, 0.29) is 0 Å². The summed E-state index contributed by atoms with van der Waals surface area (Å²) < 4.78 is 5.45. The minimum Gasteiger partial charge on any atom is -0.389 e. The van der Waals surface area contributed by atoms with Crippen molar-refractivity contribution in [2.45, 2.75) is 38.8 Å². The summed E-state index contributed by atoms with van der Waals surface area (Å²) in [4.78, 5) is 2.10. The molecule has 0 heterocycles. The van der Waals surface area contributed by atoms with Gasteiger partial charge in [-0.2, -0.15) is 5.26 Å². The van der Waals surface area contributed by atoms with Crippen molar-refractivity contribution in [2.75, 3.05) is 26.3 Å². The first-order chi connectivity index (χ1) is 10.3. The van der Waals surface area contributed by atoms with Crippen LogP contribution in [0.4, 0.5) is 0 Å². The van der Waals surface area contributed by atoms with Crippen LogP contribution in [0.2, 0.25) is 0 Å². The van der Waals surface area contributed by atoms with Crippen LogP contribution in [0.1, 0.15) is 31.7 Å². The number of unbranched alkanes of at least 4 members (excludes halogenated alkanes) is 1. The van der Waals surface area contributed by atoms with Gasteiger partial charge in [0.1, 0.15) is 0 Å². The second-order valence-corrected chi connectivity index (χ2v) is 5.21. The van der Waals surface area contributed by atoms with Crippen LogP contribution in [-0.2, 0) is 11.3 Å². The van der Waals surface area contributed by atoms with Crippen LogP contribution in [0.5, 0.6) is 0 Å². The molecule has 0 saturated heterocycles. The lowest BCUT2D eigenvalue weighted by Crippen LogP contribution is -2.35. The van der Waals surface area contributed by atoms with Crippen LogP contribution < -0.4 is 0 Å². The molecule has 0 saturated carbocycles. The number of hydrogen-bond donors (Lipinski definition) is 1. The molecule has 21 heavy (non-hydrogen) atoms. The van der Waals surface area contributed by atoms with Crippen molar-refractivity contribution < 1.29 is 9.84 Å². The summed E-state index contributed by atoms with van der Waals surface area (Å²) in [5.74, 6) is 0. The summed E-state index contributed by atoms with van der Waals surface area (Å²) in [6, 6.07) is 12.3. The van der Waals surface area contributed by atoms with Gasteiger partial charge in [0.25, 0.3) is 0 Å². The van der Waals surface area contributed by atoms with Gasteiger partial charge in [-0.3, -0.25) is 4.90 Å². The highest BCUT2D eigenvalue weighted by Gasteiger charge is 2.12. The molecule has 116 valence electrons. The lowest BCUT2D eigenvalue weighted by Gasteiger charge is -2.24. The lowest BCUT2D eigenvalue weighted by atomic mass is 10.2. The zero-order valence-corrected chi connectivity index (χ0v) is 12.9. The third kappa shape index (κ3) is 8.46. The van der Waals surface area contributed by atoms with E-state index in [1.807, 2.05) is 18.2 Å². The molecule has 1 aromatic rings. The molecular weight excluding hydrogens is 264 g/mol. The standard InChI is InChI=1S/C17H26N2O2/c1-2-3-12-21-15-17(20)14-19(11-7-10-18)13-16-8-5-4-6-9-16/h4-6,8-9,17,20H,2-3,7,11-15H2,1H3. The number of nitrogens with zero attached hydrogens (tertiary/aromatic N) is 2. The number of ether oxygens (including phenoxy) is 1. The molecule has 0 radical (unpaired) electrons. The second-order valence-electron chi connectivity index (χ2n) is 5.21. The average molecular weight is 290 g/mol. The average Bonchev–Trinajstić information content (AvgIpc) is 2.50. The van der Waals surface area contributed by atoms with Gasteiger partial charge in [0, 0.05) is 32.7 Å². The topological polar surface area (TPSA) is 56.5 Å². The highest BCUT2D eigenvalue weighted by molar-refractivity contribution is 5.14. The number of rotatable bonds is 11. The normalized spacial score (nSPS) is 12.3. The summed E-state index contributed by atoms with van der Waals surface area (Å²) in [6.45, 7) is 5.11. The number of aliphatic hydroxyl groups is 1. The quantitative estimate of drug-likeness (QED) is 0.636. The van der Waals surface area contributed by atoms with Crippen molar-refractivity contribution in [1.82, 2.24) is 4.90 Å². The molecule has 1 unspecified atom stereocenters. The molecule has 1 N–H and O–H groups in total. The monoisotopic (exact) mass is 290 g/mol. The Kier molecular flexibility index (Phi) is 9.47. The lowest BCUT2D eigenvalue weighted by molar-refractivity contribution is 0.0147. The molecule has 0 aliphatic heterocycles. The van der Waals surface area contributed by atoms with Gasteiger partial charge in [-0.15, -0.1) is 0 Å². The van der Waals surface area contributed by atoms with Crippen molar-refractivity contribution in [3.05, 3.63) is 35.9 Å². The summed E-state index contributed by atoms with van der Waals surface area (Å²) in [7, 11) is 0. The number of hydrogen-bond acceptors (Lipinski definition) is 4. The Bertz CT molecular complexity index is 403. The van der Waals surface area contributed by atoms with Gasteiger partial charge in [-0.05, 0) is 12.0 Å². The summed E-state index contributed by atoms with van der Waals surface area (Å²) >= 11 is 0. The molecule has 0 aliphatic carbocycles. The maximum Gasteiger partial charge on any atom is 0.0900 e. The minimum absolute atomic E-state index is 0.359. The van der Waals surface area contributed by atoms with Crippen molar-refractivity contribution in [1.29, 1.82) is 5.26 Å². The third-order valence-electron chi connectivity index (χ3n) is 3.21. The molecule has 0 aliphatic rings. The van der Waals surface area contributed by atoms with E-state index >= 15 is 0 Å². The molecule has 0 amide bonds. The van der Waals surface area contributed by atoms with Crippen LogP contribution >= 0.6 is 0 Å². The van der Waals surface area contributed by atoms with E-state index in [4.69, 9.17) is 10.00 Å². The SMILES string of the molecule is CCCCOCC(O)CN(CCC#N)Cc1ccccc1. The maximum atomic E-state index is 10.0. The first-order valence-corrected chi connectivity index (χ1v) is 7.65. The zero-order valence-electron chi connectivity index (χ0n) is 12.9. The van der Waals surface area contributed by atoms with Crippen LogP contribution in [0.15, 0.2) is 30.3 Å². The predicted molar refractivity (Wildman–Crippen MR) is 83.7 cm³/mol. The van der Waals surface area contributed by atoms with Gasteiger partial charge in [-0.25, -0.2) is 0 Å². The Balaban J connectivity index is 2.40. The molecular formula is C17H26N2O2. The van der Waals surface area contributed by atoms with E-state index in [9.17, 15) is 5.11 Å². The fourth-order valence-corrected chi connectivity index (χ4v) is 2.10. The van der Waals surface area contributed by atoms with Gasteiger partial charge >= 0.3 is 0 Å². The predicted octanol–water partition coefficient (Wildman–Crippen LogP) is 2.58. The first-order valence-electron chi connectivity index (χ1n) is 7.65. The number of benzene rings is 1. The molecule has 1 rings (SSSR count). The molecule has 0 spiro atoms. The first kappa shape index (κ1) is 17.6. The smallest absolute Gasteiger partial charge is 0.0900 e. The van der Waals surface area contributed by atoms with Crippen LogP contribution in [0.3, 0.4) is 0 Å². The van der Waals surface area contributed by atoms with Gasteiger partial charge < -0.3 is 9.84 Å². The molecule has 4 nitrogen and oxygen atoms in total. The van der Waals surface area contributed by atoms with E-state index < -0.39 is 6.10 Å². The van der Waals surface area contributed by atoms with E-state index in [2.05, 4.69) is 30.0 Å². The van der Waals surface area contributed by atoms with Gasteiger partial charge in [0.15, 0.2) is 0 Å². The minimum atomic E-state index is -0.510. The summed E-state index contributed by atoms with van der Waals surface area (Å²) in [5, 5.41) is 18.8. The Morgan fingerprint density at radius 3 is 2.76 bits per heavy atom. The van der Waals surface area contributed by atoms with Gasteiger partial charge in [-0.1, -0.05) is 43.7 Å². The fraction of sp³-hybridized carbons (Fsp3) is 0.588. The van der Waals surface area contributed by atoms with E-state index in [0.29, 0.717) is 32.7 Å². The molecule has 0 bridgehead atoms. The van der Waals surface area contributed by atoms with Crippen LogP contribution in [0.25, 0.3) is 0 Å². The van der Waals surface area contributed by atoms with E-state index in [1.54, 1.807) is 0 Å². The van der Waals surface area contributed by atoms with Gasteiger partial charge in [0.2, 0.25) is 0 Å². The van der Waals surface area contributed by atoms with Crippen molar-refractivity contribution in [3.8, 4) is 6.07 Å². The number of aliphatic hydroxyl groups excluding tert-OH is 1. The number of nitriles is 1. The molecule has 0 fully saturated rings. The fourth-order valence-electron chi connectivity index (χ4n) is 2.10. The molecule has 0 aromatic heterocycles. The van der Waals surface area contributed by atoms with Crippen molar-refractivity contribution in [2.24, 2.45) is 0 Å². The summed E-state index contributed by atoms with van der Waals surface area (Å²) in [6.07, 6.45) is 2.08. The van der Waals surface area contributed by atoms with Crippen molar-refractivity contribution in [3.63, 3.8) is 0 Å². The molecule has 4 heteroatoms. The largest absolute Gasteiger partial charge is 0.389 e. The zero-order chi connectivity index (χ0) is 15.3. The van der Waals surface area contributed by atoms with Crippen LogP contribution in [0, 0.1) is 11.3 Å².